The van der Waals surface area contributed by atoms with Crippen LogP contribution in [0.2, 0.25) is 0 Å². The number of carboxylic acids is 2. The van der Waals surface area contributed by atoms with Crippen LogP contribution in [0.5, 0.6) is 23.0 Å². The van der Waals surface area contributed by atoms with E-state index in [-0.39, 0.29) is 17.2 Å². The number of hydrogen-bond donors (Lipinski definition) is 4. The van der Waals surface area contributed by atoms with Crippen LogP contribution in [0.25, 0.3) is 6.08 Å². The molecule has 8 heteroatoms. The fourth-order valence-corrected chi connectivity index (χ4v) is 2.52. The second-order valence-corrected chi connectivity index (χ2v) is 5.54. The highest BCUT2D eigenvalue weighted by molar-refractivity contribution is 5.85. The molecule has 2 atom stereocenters. The lowest BCUT2D eigenvalue weighted by Crippen LogP contribution is -2.39. The third-order valence-electron chi connectivity index (χ3n) is 3.74. The molecule has 0 spiro atoms. The molecule has 1 aliphatic rings. The highest BCUT2D eigenvalue weighted by Crippen LogP contribution is 2.41. The molecular formula is C18H14O8. The molecular weight excluding hydrogens is 344 g/mol. The van der Waals surface area contributed by atoms with Crippen LogP contribution >= 0.6 is 0 Å². The molecule has 0 aromatic heterocycles. The van der Waals surface area contributed by atoms with Gasteiger partial charge in [-0.3, -0.25) is 0 Å². The molecule has 1 heterocycles. The summed E-state index contributed by atoms with van der Waals surface area (Å²) in [6, 6.07) is 8.38. The molecule has 0 fully saturated rings. The lowest BCUT2D eigenvalue weighted by atomic mass is 10.0. The highest BCUT2D eigenvalue weighted by atomic mass is 16.6. The molecule has 0 radical (unpaired) electrons. The summed E-state index contributed by atoms with van der Waals surface area (Å²) in [4.78, 5) is 22.2. The predicted octanol–water partition coefficient (Wildman–Crippen LogP) is 2.16. The van der Waals surface area contributed by atoms with Crippen LogP contribution in [-0.4, -0.2) is 38.5 Å². The van der Waals surface area contributed by atoms with Gasteiger partial charge in [-0.25, -0.2) is 9.59 Å². The topological polar surface area (TPSA) is 134 Å². The molecule has 8 nitrogen and oxygen atoms in total. The van der Waals surface area contributed by atoms with Crippen LogP contribution < -0.4 is 9.47 Å². The standard InChI is InChI=1S/C18H14O8/c19-11-4-3-10(8-12(11)20)16-17(18(23)24)25-13-5-1-9(2-6-15(21)22)7-14(13)26-16/h1-8,16-17,19-20H,(H,21,22)(H,23,24)/b6-2+/t16-,17+/m0/s1. The number of ether oxygens (including phenoxy) is 2. The summed E-state index contributed by atoms with van der Waals surface area (Å²) < 4.78 is 11.3. The van der Waals surface area contributed by atoms with Crippen molar-refractivity contribution in [3.8, 4) is 23.0 Å². The number of phenols is 2. The number of carbonyl (C=O) groups is 2. The average molecular weight is 358 g/mol. The molecule has 4 N–H and O–H groups in total. The fraction of sp³-hybridized carbons (Fsp3) is 0.111. The Balaban J connectivity index is 1.98. The third-order valence-corrected chi connectivity index (χ3v) is 3.74. The molecule has 0 saturated heterocycles. The van der Waals surface area contributed by atoms with E-state index in [1.807, 2.05) is 0 Å². The number of aliphatic carboxylic acids is 2. The summed E-state index contributed by atoms with van der Waals surface area (Å²) in [6.07, 6.45) is -0.130. The zero-order valence-electron chi connectivity index (χ0n) is 13.2. The molecule has 0 unspecified atom stereocenters. The van der Waals surface area contributed by atoms with Crippen LogP contribution in [0.1, 0.15) is 17.2 Å². The van der Waals surface area contributed by atoms with Gasteiger partial charge < -0.3 is 29.9 Å². The quantitative estimate of drug-likeness (QED) is 0.483. The van der Waals surface area contributed by atoms with Crippen molar-refractivity contribution in [3.63, 3.8) is 0 Å². The number of hydrogen-bond acceptors (Lipinski definition) is 6. The normalized spacial score (nSPS) is 18.6. The van der Waals surface area contributed by atoms with E-state index in [0.717, 1.165) is 6.08 Å². The SMILES string of the molecule is O=C(O)/C=C/c1ccc2c(c1)O[C@@H](c1ccc(O)c(O)c1)[C@H](C(=O)O)O2. The van der Waals surface area contributed by atoms with Gasteiger partial charge in [0, 0.05) is 11.6 Å². The second-order valence-electron chi connectivity index (χ2n) is 5.54. The molecule has 2 aromatic rings. The zero-order chi connectivity index (χ0) is 18.8. The number of rotatable bonds is 4. The molecule has 0 aliphatic carbocycles. The van der Waals surface area contributed by atoms with Crippen LogP contribution in [0.3, 0.4) is 0 Å². The molecule has 0 amide bonds. The average Bonchev–Trinajstić information content (AvgIpc) is 2.60. The number of aromatic hydroxyl groups is 2. The number of carboxylic acid groups (broad SMARTS) is 2. The number of fused-ring (bicyclic) bond motifs is 1. The van der Waals surface area contributed by atoms with E-state index in [1.165, 1.54) is 36.4 Å². The Bertz CT molecular complexity index is 902. The van der Waals surface area contributed by atoms with Gasteiger partial charge in [0.1, 0.15) is 0 Å². The monoisotopic (exact) mass is 358 g/mol. The summed E-state index contributed by atoms with van der Waals surface area (Å²) in [5.41, 5.74) is 0.820. The van der Waals surface area contributed by atoms with Crippen LogP contribution in [0.15, 0.2) is 42.5 Å². The first-order valence-electron chi connectivity index (χ1n) is 7.48. The highest BCUT2D eigenvalue weighted by Gasteiger charge is 2.38. The molecule has 26 heavy (non-hydrogen) atoms. The lowest BCUT2D eigenvalue weighted by molar-refractivity contribution is -0.151. The number of phenolic OH excluding ortho intramolecular Hbond substituents is 2. The largest absolute Gasteiger partial charge is 0.504 e. The van der Waals surface area contributed by atoms with Crippen molar-refractivity contribution in [2.45, 2.75) is 12.2 Å². The first-order chi connectivity index (χ1) is 12.3. The van der Waals surface area contributed by atoms with Crippen molar-refractivity contribution < 1.29 is 39.5 Å². The first-order valence-corrected chi connectivity index (χ1v) is 7.48. The Morgan fingerprint density at radius 2 is 1.69 bits per heavy atom. The van der Waals surface area contributed by atoms with Gasteiger partial charge in [-0.15, -0.1) is 0 Å². The van der Waals surface area contributed by atoms with E-state index in [9.17, 15) is 24.9 Å². The van der Waals surface area contributed by atoms with E-state index in [0.29, 0.717) is 11.1 Å². The smallest absolute Gasteiger partial charge is 0.349 e. The van der Waals surface area contributed by atoms with Gasteiger partial charge in [0.2, 0.25) is 6.10 Å². The fourth-order valence-electron chi connectivity index (χ4n) is 2.52. The van der Waals surface area contributed by atoms with Crippen molar-refractivity contribution in [2.75, 3.05) is 0 Å². The summed E-state index contributed by atoms with van der Waals surface area (Å²) in [7, 11) is 0. The van der Waals surface area contributed by atoms with Crippen molar-refractivity contribution in [1.82, 2.24) is 0 Å². The summed E-state index contributed by atoms with van der Waals surface area (Å²) >= 11 is 0. The minimum absolute atomic E-state index is 0.198. The number of benzene rings is 2. The van der Waals surface area contributed by atoms with Gasteiger partial charge in [0.15, 0.2) is 29.1 Å². The van der Waals surface area contributed by atoms with Gasteiger partial charge in [-0.2, -0.15) is 0 Å². The maximum absolute atomic E-state index is 11.6. The van der Waals surface area contributed by atoms with Crippen molar-refractivity contribution in [1.29, 1.82) is 0 Å². The maximum atomic E-state index is 11.6. The molecule has 0 saturated carbocycles. The van der Waals surface area contributed by atoms with E-state index in [4.69, 9.17) is 14.6 Å². The Hall–Kier alpha value is -3.68. The van der Waals surface area contributed by atoms with Gasteiger partial charge in [-0.05, 0) is 35.9 Å². The third kappa shape index (κ3) is 3.39. The van der Waals surface area contributed by atoms with Crippen LogP contribution in [0, 0.1) is 0 Å². The van der Waals surface area contributed by atoms with Gasteiger partial charge in [0.05, 0.1) is 0 Å². The van der Waals surface area contributed by atoms with Crippen LogP contribution in [-0.2, 0) is 9.59 Å². The van der Waals surface area contributed by atoms with Gasteiger partial charge >= 0.3 is 11.9 Å². The van der Waals surface area contributed by atoms with Gasteiger partial charge in [-0.1, -0.05) is 12.1 Å². The molecule has 2 aromatic carbocycles. The van der Waals surface area contributed by atoms with Crippen molar-refractivity contribution in [2.24, 2.45) is 0 Å². The Labute approximate surface area is 147 Å². The maximum Gasteiger partial charge on any atom is 0.349 e. The second kappa shape index (κ2) is 6.67. The van der Waals surface area contributed by atoms with E-state index < -0.39 is 29.9 Å². The van der Waals surface area contributed by atoms with Gasteiger partial charge in [0.25, 0.3) is 0 Å². The van der Waals surface area contributed by atoms with E-state index in [1.54, 1.807) is 6.07 Å². The predicted molar refractivity (Wildman–Crippen MR) is 88.3 cm³/mol. The molecule has 0 bridgehead atoms. The van der Waals surface area contributed by atoms with E-state index >= 15 is 0 Å². The minimum atomic E-state index is -1.37. The van der Waals surface area contributed by atoms with Crippen LogP contribution in [0.4, 0.5) is 0 Å². The molecule has 1 aliphatic heterocycles. The zero-order valence-corrected chi connectivity index (χ0v) is 13.2. The van der Waals surface area contributed by atoms with E-state index in [2.05, 4.69) is 0 Å². The Morgan fingerprint density at radius 3 is 2.35 bits per heavy atom. The summed E-state index contributed by atoms with van der Waals surface area (Å²) in [5, 5.41) is 37.2. The first kappa shape index (κ1) is 17.2. The van der Waals surface area contributed by atoms with Crippen molar-refractivity contribution in [3.05, 3.63) is 53.6 Å². The Morgan fingerprint density at radius 1 is 0.923 bits per heavy atom. The summed E-state index contributed by atoms with van der Waals surface area (Å²) in [5.74, 6) is -2.71. The lowest BCUT2D eigenvalue weighted by Gasteiger charge is -2.32. The molecule has 3 rings (SSSR count). The van der Waals surface area contributed by atoms with Crippen molar-refractivity contribution >= 4 is 18.0 Å². The Kier molecular flexibility index (Phi) is 4.40. The minimum Gasteiger partial charge on any atom is -0.504 e. The summed E-state index contributed by atoms with van der Waals surface area (Å²) in [6.45, 7) is 0. The molecule has 134 valence electrons.